The van der Waals surface area contributed by atoms with E-state index in [0.717, 1.165) is 6.26 Å². The lowest BCUT2D eigenvalue weighted by atomic mass is 10.3. The van der Waals surface area contributed by atoms with Crippen LogP contribution in [0.3, 0.4) is 0 Å². The van der Waals surface area contributed by atoms with Gasteiger partial charge < -0.3 is 4.90 Å². The molecule has 0 aromatic heterocycles. The van der Waals surface area contributed by atoms with Crippen molar-refractivity contribution in [1.82, 2.24) is 4.90 Å². The number of hydrogen-bond acceptors (Lipinski definition) is 3. The van der Waals surface area contributed by atoms with Crippen LogP contribution < -0.4 is 0 Å². The van der Waals surface area contributed by atoms with Gasteiger partial charge in [-0.25, -0.2) is 8.42 Å². The Bertz CT molecular complexity index is 336. The van der Waals surface area contributed by atoms with E-state index in [1.165, 1.54) is 11.8 Å². The van der Waals surface area contributed by atoms with E-state index in [4.69, 9.17) is 0 Å². The number of nitrogens with zero attached hydrogens (tertiary/aromatic N) is 1. The molecule has 0 aliphatic rings. The molecule has 0 aromatic carbocycles. The molecule has 0 N–H and O–H groups in total. The summed E-state index contributed by atoms with van der Waals surface area (Å²) >= 11 is 0. The van der Waals surface area contributed by atoms with E-state index in [0.29, 0.717) is 13.1 Å². The Balaban J connectivity index is 4.77. The summed E-state index contributed by atoms with van der Waals surface area (Å²) in [6.07, 6.45) is 4.16. The molecule has 1 amide bonds. The monoisotopic (exact) mass is 231 g/mol. The number of amides is 1. The van der Waals surface area contributed by atoms with Gasteiger partial charge in [0.25, 0.3) is 0 Å². The fraction of sp³-hybridized carbons (Fsp3) is 0.500. The summed E-state index contributed by atoms with van der Waals surface area (Å²) in [6, 6.07) is 0. The largest absolute Gasteiger partial charge is 0.334 e. The summed E-state index contributed by atoms with van der Waals surface area (Å²) < 4.78 is 22.4. The highest BCUT2D eigenvalue weighted by Crippen LogP contribution is 2.04. The predicted octanol–water partition coefficient (Wildman–Crippen LogP) is 0.620. The van der Waals surface area contributed by atoms with Gasteiger partial charge >= 0.3 is 0 Å². The molecule has 0 bridgehead atoms. The summed E-state index contributed by atoms with van der Waals surface area (Å²) in [4.78, 5) is 13.1. The molecule has 0 fully saturated rings. The number of sulfone groups is 1. The van der Waals surface area contributed by atoms with Gasteiger partial charge in [-0.2, -0.15) is 0 Å². The topological polar surface area (TPSA) is 54.5 Å². The molecular formula is C10H17NO3S. The SMILES string of the molecule is C=CCN(CC=C)C(=O)C(C)S(C)(=O)=O. The normalized spacial score (nSPS) is 12.9. The Labute approximate surface area is 91.2 Å². The minimum atomic E-state index is -3.34. The Morgan fingerprint density at radius 1 is 1.33 bits per heavy atom. The maximum Gasteiger partial charge on any atom is 0.241 e. The van der Waals surface area contributed by atoms with Crippen LogP contribution in [0.5, 0.6) is 0 Å². The fourth-order valence-electron chi connectivity index (χ4n) is 1.01. The van der Waals surface area contributed by atoms with Crippen molar-refractivity contribution in [2.24, 2.45) is 0 Å². The number of rotatable bonds is 6. The van der Waals surface area contributed by atoms with Gasteiger partial charge in [0.2, 0.25) is 5.91 Å². The molecule has 0 spiro atoms. The highest BCUT2D eigenvalue weighted by molar-refractivity contribution is 7.92. The highest BCUT2D eigenvalue weighted by Gasteiger charge is 2.27. The molecular weight excluding hydrogens is 214 g/mol. The first-order valence-corrected chi connectivity index (χ1v) is 6.49. The molecule has 4 nitrogen and oxygen atoms in total. The molecule has 0 saturated carbocycles. The molecule has 0 heterocycles. The van der Waals surface area contributed by atoms with Crippen molar-refractivity contribution < 1.29 is 13.2 Å². The first kappa shape index (κ1) is 13.9. The number of carbonyl (C=O) groups is 1. The zero-order valence-electron chi connectivity index (χ0n) is 9.14. The average molecular weight is 231 g/mol. The third-order valence-corrected chi connectivity index (χ3v) is 3.49. The Kier molecular flexibility index (Phi) is 5.28. The van der Waals surface area contributed by atoms with Crippen LogP contribution in [0, 0.1) is 0 Å². The van der Waals surface area contributed by atoms with Crippen LogP contribution in [0.25, 0.3) is 0 Å². The molecule has 1 atom stereocenters. The van der Waals surface area contributed by atoms with Gasteiger partial charge in [0.1, 0.15) is 5.25 Å². The molecule has 0 radical (unpaired) electrons. The van der Waals surface area contributed by atoms with Crippen molar-refractivity contribution in [2.75, 3.05) is 19.3 Å². The second-order valence-corrected chi connectivity index (χ2v) is 5.66. The van der Waals surface area contributed by atoms with Crippen molar-refractivity contribution in [3.63, 3.8) is 0 Å². The van der Waals surface area contributed by atoms with Gasteiger partial charge in [-0.15, -0.1) is 13.2 Å². The van der Waals surface area contributed by atoms with Gasteiger partial charge in [-0.3, -0.25) is 4.79 Å². The number of hydrogen-bond donors (Lipinski definition) is 0. The van der Waals surface area contributed by atoms with E-state index < -0.39 is 21.0 Å². The minimum absolute atomic E-state index is 0.324. The second-order valence-electron chi connectivity index (χ2n) is 3.29. The Morgan fingerprint density at radius 2 is 1.73 bits per heavy atom. The van der Waals surface area contributed by atoms with Crippen LogP contribution in [-0.4, -0.2) is 43.8 Å². The standard InChI is InChI=1S/C10H17NO3S/c1-5-7-11(8-6-2)10(12)9(3)15(4,13)14/h5-6,9H,1-2,7-8H2,3-4H3. The van der Waals surface area contributed by atoms with Crippen LogP contribution in [0.15, 0.2) is 25.3 Å². The quantitative estimate of drug-likeness (QED) is 0.630. The highest BCUT2D eigenvalue weighted by atomic mass is 32.2. The van der Waals surface area contributed by atoms with Gasteiger partial charge in [0.15, 0.2) is 9.84 Å². The van der Waals surface area contributed by atoms with Gasteiger partial charge in [-0.1, -0.05) is 12.2 Å². The molecule has 0 aromatic rings. The van der Waals surface area contributed by atoms with E-state index in [2.05, 4.69) is 13.2 Å². The lowest BCUT2D eigenvalue weighted by Crippen LogP contribution is -2.41. The smallest absolute Gasteiger partial charge is 0.241 e. The van der Waals surface area contributed by atoms with E-state index >= 15 is 0 Å². The van der Waals surface area contributed by atoms with E-state index in [1.54, 1.807) is 12.2 Å². The summed E-state index contributed by atoms with van der Waals surface area (Å²) in [5.41, 5.74) is 0. The Morgan fingerprint density at radius 3 is 2.00 bits per heavy atom. The predicted molar refractivity (Wildman–Crippen MR) is 61.3 cm³/mol. The molecule has 86 valence electrons. The van der Waals surface area contributed by atoms with Crippen LogP contribution in [0.1, 0.15) is 6.92 Å². The first-order chi connectivity index (χ1) is 6.84. The molecule has 1 unspecified atom stereocenters. The summed E-state index contributed by atoms with van der Waals surface area (Å²) in [6.45, 7) is 9.05. The second kappa shape index (κ2) is 5.70. The lowest BCUT2D eigenvalue weighted by molar-refractivity contribution is -0.129. The van der Waals surface area contributed by atoms with E-state index in [9.17, 15) is 13.2 Å². The third kappa shape index (κ3) is 4.29. The summed E-state index contributed by atoms with van der Waals surface area (Å²) in [5, 5.41) is -1.02. The molecule has 15 heavy (non-hydrogen) atoms. The van der Waals surface area contributed by atoms with Crippen molar-refractivity contribution in [2.45, 2.75) is 12.2 Å². The van der Waals surface area contributed by atoms with Crippen molar-refractivity contribution in [3.8, 4) is 0 Å². The maximum atomic E-state index is 11.7. The summed E-state index contributed by atoms with van der Waals surface area (Å²) in [5.74, 6) is -0.419. The minimum Gasteiger partial charge on any atom is -0.334 e. The van der Waals surface area contributed by atoms with Gasteiger partial charge in [0, 0.05) is 19.3 Å². The van der Waals surface area contributed by atoms with Crippen molar-refractivity contribution in [1.29, 1.82) is 0 Å². The van der Waals surface area contributed by atoms with Crippen LogP contribution in [-0.2, 0) is 14.6 Å². The van der Waals surface area contributed by atoms with Crippen LogP contribution >= 0.6 is 0 Å². The first-order valence-electron chi connectivity index (χ1n) is 4.54. The van der Waals surface area contributed by atoms with Gasteiger partial charge in [-0.05, 0) is 6.92 Å². The maximum absolute atomic E-state index is 11.7. The molecule has 0 rings (SSSR count). The lowest BCUT2D eigenvalue weighted by Gasteiger charge is -2.22. The zero-order valence-corrected chi connectivity index (χ0v) is 9.96. The summed E-state index contributed by atoms with van der Waals surface area (Å²) in [7, 11) is -3.34. The molecule has 5 heteroatoms. The van der Waals surface area contributed by atoms with E-state index in [1.807, 2.05) is 0 Å². The average Bonchev–Trinajstić information content (AvgIpc) is 2.14. The molecule has 0 aliphatic carbocycles. The van der Waals surface area contributed by atoms with E-state index in [-0.39, 0.29) is 0 Å². The van der Waals surface area contributed by atoms with Crippen molar-refractivity contribution in [3.05, 3.63) is 25.3 Å². The van der Waals surface area contributed by atoms with Crippen LogP contribution in [0.2, 0.25) is 0 Å². The molecule has 0 saturated heterocycles. The van der Waals surface area contributed by atoms with Crippen LogP contribution in [0.4, 0.5) is 0 Å². The number of carbonyl (C=O) groups excluding carboxylic acids is 1. The fourth-order valence-corrected chi connectivity index (χ4v) is 1.52. The third-order valence-electron chi connectivity index (χ3n) is 2.00. The Hall–Kier alpha value is -1.10. The zero-order chi connectivity index (χ0) is 12.1. The molecule has 0 aliphatic heterocycles. The van der Waals surface area contributed by atoms with Crippen molar-refractivity contribution >= 4 is 15.7 Å². The van der Waals surface area contributed by atoms with Gasteiger partial charge in [0.05, 0.1) is 0 Å².